The van der Waals surface area contributed by atoms with Crippen LogP contribution in [0.2, 0.25) is 0 Å². The first-order valence-electron chi connectivity index (χ1n) is 7.65. The van der Waals surface area contributed by atoms with Crippen LogP contribution in [0, 0.1) is 5.92 Å². The molecule has 0 aromatic carbocycles. The third kappa shape index (κ3) is 2.77. The molecule has 1 saturated carbocycles. The summed E-state index contributed by atoms with van der Waals surface area (Å²) in [6.45, 7) is 1.99. The first-order chi connectivity index (χ1) is 10.0. The number of rotatable bonds is 2. The van der Waals surface area contributed by atoms with Gasteiger partial charge in [0, 0.05) is 23.7 Å². The number of hydrogen-bond acceptors (Lipinski definition) is 3. The van der Waals surface area contributed by atoms with Gasteiger partial charge in [-0.3, -0.25) is 14.4 Å². The van der Waals surface area contributed by atoms with E-state index in [4.69, 9.17) is 0 Å². The molecule has 0 saturated heterocycles. The topological polar surface area (TPSA) is 79.0 Å². The zero-order valence-corrected chi connectivity index (χ0v) is 12.2. The molecule has 5 nitrogen and oxygen atoms in total. The van der Waals surface area contributed by atoms with Gasteiger partial charge in [0.25, 0.3) is 11.5 Å². The van der Waals surface area contributed by atoms with Crippen molar-refractivity contribution >= 4 is 11.7 Å². The highest BCUT2D eigenvalue weighted by molar-refractivity contribution is 6.01. The van der Waals surface area contributed by atoms with Crippen LogP contribution in [-0.2, 0) is 6.42 Å². The summed E-state index contributed by atoms with van der Waals surface area (Å²) in [4.78, 5) is 39.1. The van der Waals surface area contributed by atoms with Gasteiger partial charge in [-0.05, 0) is 31.2 Å². The van der Waals surface area contributed by atoms with Crippen LogP contribution in [-0.4, -0.2) is 22.7 Å². The van der Waals surface area contributed by atoms with Crippen LogP contribution in [0.5, 0.6) is 0 Å². The van der Waals surface area contributed by atoms with Gasteiger partial charge in [0.15, 0.2) is 5.78 Å². The lowest BCUT2D eigenvalue weighted by atomic mass is 9.86. The Labute approximate surface area is 123 Å². The molecule has 1 aromatic rings. The van der Waals surface area contributed by atoms with Gasteiger partial charge < -0.3 is 10.3 Å². The molecular formula is C16H20N2O3. The average Bonchev–Trinajstić information content (AvgIpc) is 2.90. The number of aromatic amines is 1. The second-order valence-corrected chi connectivity index (χ2v) is 6.30. The van der Waals surface area contributed by atoms with Crippen molar-refractivity contribution in [3.63, 3.8) is 0 Å². The fraction of sp³-hybridized carbons (Fsp3) is 0.562. The zero-order valence-electron chi connectivity index (χ0n) is 12.2. The van der Waals surface area contributed by atoms with Gasteiger partial charge in [-0.15, -0.1) is 0 Å². The molecule has 2 N–H and O–H groups in total. The highest BCUT2D eigenvalue weighted by atomic mass is 16.2. The summed E-state index contributed by atoms with van der Waals surface area (Å²) < 4.78 is 0. The molecule has 0 radical (unpaired) electrons. The van der Waals surface area contributed by atoms with Gasteiger partial charge in [0.2, 0.25) is 0 Å². The number of pyridine rings is 1. The maximum absolute atomic E-state index is 12.2. The number of fused-ring (bicyclic) bond motifs is 1. The van der Waals surface area contributed by atoms with E-state index in [1.54, 1.807) is 0 Å². The van der Waals surface area contributed by atoms with E-state index >= 15 is 0 Å². The van der Waals surface area contributed by atoms with Crippen molar-refractivity contribution < 1.29 is 9.59 Å². The van der Waals surface area contributed by atoms with Gasteiger partial charge in [0.05, 0.1) is 0 Å². The Morgan fingerprint density at radius 2 is 1.95 bits per heavy atom. The van der Waals surface area contributed by atoms with Crippen molar-refractivity contribution in [2.45, 2.75) is 51.5 Å². The number of hydrogen-bond donors (Lipinski definition) is 2. The SMILES string of the molecule is C[C@@H]1CC(=O)c2cc(C(=O)NC3CCCC3)c(=O)[nH]c2C1. The summed E-state index contributed by atoms with van der Waals surface area (Å²) >= 11 is 0. The monoisotopic (exact) mass is 288 g/mol. The molecule has 112 valence electrons. The van der Waals surface area contributed by atoms with Crippen molar-refractivity contribution in [2.24, 2.45) is 5.92 Å². The van der Waals surface area contributed by atoms with Crippen LogP contribution in [0.3, 0.4) is 0 Å². The van der Waals surface area contributed by atoms with Gasteiger partial charge in [-0.2, -0.15) is 0 Å². The molecule has 1 fully saturated rings. The van der Waals surface area contributed by atoms with Crippen LogP contribution in [0.25, 0.3) is 0 Å². The van der Waals surface area contributed by atoms with Gasteiger partial charge in [-0.1, -0.05) is 19.8 Å². The molecule has 3 rings (SSSR count). The van der Waals surface area contributed by atoms with E-state index in [1.165, 1.54) is 6.07 Å². The van der Waals surface area contributed by atoms with Gasteiger partial charge in [-0.25, -0.2) is 0 Å². The standard InChI is InChI=1S/C16H20N2O3/c1-9-6-13-11(14(19)7-9)8-12(16(21)18-13)15(20)17-10-4-2-3-5-10/h8-10H,2-7H2,1H3,(H,17,20)(H,18,21)/t9-/m0/s1. The van der Waals surface area contributed by atoms with Crippen LogP contribution >= 0.6 is 0 Å². The van der Waals surface area contributed by atoms with Gasteiger partial charge in [0.1, 0.15) is 5.56 Å². The third-order valence-corrected chi connectivity index (χ3v) is 4.44. The summed E-state index contributed by atoms with van der Waals surface area (Å²) in [7, 11) is 0. The molecule has 1 atom stereocenters. The minimum Gasteiger partial charge on any atom is -0.349 e. The van der Waals surface area contributed by atoms with Crippen LogP contribution in [0.15, 0.2) is 10.9 Å². The molecule has 1 amide bonds. The molecule has 21 heavy (non-hydrogen) atoms. The van der Waals surface area contributed by atoms with Crippen molar-refractivity contribution in [1.82, 2.24) is 10.3 Å². The van der Waals surface area contributed by atoms with E-state index in [1.807, 2.05) is 6.92 Å². The van der Waals surface area contributed by atoms with Crippen molar-refractivity contribution in [3.8, 4) is 0 Å². The van der Waals surface area contributed by atoms with E-state index in [0.29, 0.717) is 24.1 Å². The average molecular weight is 288 g/mol. The maximum Gasteiger partial charge on any atom is 0.261 e. The Morgan fingerprint density at radius 1 is 1.24 bits per heavy atom. The molecule has 2 aliphatic rings. The van der Waals surface area contributed by atoms with Gasteiger partial charge >= 0.3 is 0 Å². The van der Waals surface area contributed by atoms with Crippen LogP contribution in [0.1, 0.15) is 65.4 Å². The van der Waals surface area contributed by atoms with E-state index in [-0.39, 0.29) is 29.2 Å². The summed E-state index contributed by atoms with van der Waals surface area (Å²) in [6, 6.07) is 1.63. The van der Waals surface area contributed by atoms with Crippen LogP contribution in [0.4, 0.5) is 0 Å². The molecule has 0 spiro atoms. The number of Topliss-reactive ketones (excluding diaryl/α,β-unsaturated/α-hetero) is 1. The minimum absolute atomic E-state index is 0.00918. The second-order valence-electron chi connectivity index (χ2n) is 6.30. The number of nitrogens with one attached hydrogen (secondary N) is 2. The number of ketones is 1. The Bertz CT molecular complexity index is 641. The largest absolute Gasteiger partial charge is 0.349 e. The smallest absolute Gasteiger partial charge is 0.261 e. The quantitative estimate of drug-likeness (QED) is 0.871. The summed E-state index contributed by atoms with van der Waals surface area (Å²) in [5.41, 5.74) is 0.833. The fourth-order valence-electron chi connectivity index (χ4n) is 3.33. The lowest BCUT2D eigenvalue weighted by Gasteiger charge is -2.20. The lowest BCUT2D eigenvalue weighted by Crippen LogP contribution is -2.37. The van der Waals surface area contributed by atoms with Crippen molar-refractivity contribution in [3.05, 3.63) is 33.2 Å². The highest BCUT2D eigenvalue weighted by Crippen LogP contribution is 2.23. The molecule has 0 unspecified atom stereocenters. The first kappa shape index (κ1) is 14.0. The van der Waals surface area contributed by atoms with E-state index in [2.05, 4.69) is 10.3 Å². The molecule has 5 heteroatoms. The number of amides is 1. The molecule has 1 aromatic heterocycles. The Kier molecular flexibility index (Phi) is 3.66. The third-order valence-electron chi connectivity index (χ3n) is 4.44. The Morgan fingerprint density at radius 3 is 2.67 bits per heavy atom. The van der Waals surface area contributed by atoms with Crippen molar-refractivity contribution in [2.75, 3.05) is 0 Å². The zero-order chi connectivity index (χ0) is 15.0. The normalized spacial score (nSPS) is 22.1. The molecule has 1 heterocycles. The first-order valence-corrected chi connectivity index (χ1v) is 7.65. The van der Waals surface area contributed by atoms with E-state index < -0.39 is 5.56 Å². The number of carbonyl (C=O) groups excluding carboxylic acids is 2. The maximum atomic E-state index is 12.2. The number of carbonyl (C=O) groups is 2. The lowest BCUT2D eigenvalue weighted by molar-refractivity contribution is 0.0936. The predicted octanol–water partition coefficient (Wildman–Crippen LogP) is 1.81. The van der Waals surface area contributed by atoms with Crippen LogP contribution < -0.4 is 10.9 Å². The molecule has 0 bridgehead atoms. The summed E-state index contributed by atoms with van der Waals surface area (Å²) in [5, 5.41) is 2.90. The fourth-order valence-corrected chi connectivity index (χ4v) is 3.33. The van der Waals surface area contributed by atoms with E-state index in [0.717, 1.165) is 25.7 Å². The molecular weight excluding hydrogens is 268 g/mol. The Hall–Kier alpha value is -1.91. The predicted molar refractivity (Wildman–Crippen MR) is 78.6 cm³/mol. The minimum atomic E-state index is -0.397. The van der Waals surface area contributed by atoms with E-state index in [9.17, 15) is 14.4 Å². The second kappa shape index (κ2) is 5.47. The summed E-state index contributed by atoms with van der Waals surface area (Å²) in [5.74, 6) is -0.119. The number of H-pyrrole nitrogens is 1. The summed E-state index contributed by atoms with van der Waals surface area (Å²) in [6.07, 6.45) is 5.31. The number of aromatic nitrogens is 1. The Balaban J connectivity index is 1.89. The van der Waals surface area contributed by atoms with Crippen molar-refractivity contribution in [1.29, 1.82) is 0 Å². The molecule has 2 aliphatic carbocycles. The molecule has 0 aliphatic heterocycles. The highest BCUT2D eigenvalue weighted by Gasteiger charge is 2.26.